The second-order valence-corrected chi connectivity index (χ2v) is 7.04. The van der Waals surface area contributed by atoms with Crippen LogP contribution in [0.3, 0.4) is 0 Å². The second-order valence-electron chi connectivity index (χ2n) is 5.39. The molecule has 0 saturated heterocycles. The molecule has 0 spiro atoms. The molecule has 0 heterocycles. The van der Waals surface area contributed by atoms with Gasteiger partial charge in [0.2, 0.25) is 10.0 Å². The maximum Gasteiger partial charge on any atom is 0.244 e. The zero-order valence-electron chi connectivity index (χ0n) is 12.5. The summed E-state index contributed by atoms with van der Waals surface area (Å²) < 4.78 is 32.7. The first-order chi connectivity index (χ1) is 9.13. The summed E-state index contributed by atoms with van der Waals surface area (Å²) >= 11 is 0. The van der Waals surface area contributed by atoms with E-state index in [-0.39, 0.29) is 11.5 Å². The first kappa shape index (κ1) is 16.9. The normalized spacial score (nSPS) is 12.5. The fourth-order valence-corrected chi connectivity index (χ4v) is 3.42. The first-order valence-corrected chi connectivity index (χ1v) is 7.62. The lowest BCUT2D eigenvalue weighted by molar-refractivity contribution is 0.0929. The highest BCUT2D eigenvalue weighted by Gasteiger charge is 2.29. The molecule has 0 aliphatic carbocycles. The summed E-state index contributed by atoms with van der Waals surface area (Å²) in [7, 11) is -2.29. The summed E-state index contributed by atoms with van der Waals surface area (Å²) in [6.07, 6.45) is 0. The maximum absolute atomic E-state index is 12.5. The molecule has 0 bridgehead atoms. The van der Waals surface area contributed by atoms with E-state index in [4.69, 9.17) is 10.6 Å². The van der Waals surface area contributed by atoms with E-state index in [1.807, 2.05) is 13.8 Å². The van der Waals surface area contributed by atoms with Crippen molar-refractivity contribution >= 4 is 10.0 Å². The van der Waals surface area contributed by atoms with Crippen molar-refractivity contribution in [2.75, 3.05) is 13.7 Å². The van der Waals surface area contributed by atoms with E-state index >= 15 is 0 Å². The summed E-state index contributed by atoms with van der Waals surface area (Å²) in [6.45, 7) is 7.17. The van der Waals surface area contributed by atoms with Gasteiger partial charge in [0.1, 0.15) is 10.6 Å². The Morgan fingerprint density at radius 3 is 2.30 bits per heavy atom. The van der Waals surface area contributed by atoms with Gasteiger partial charge < -0.3 is 9.57 Å². The molecule has 0 aliphatic rings. The molecular weight excluding hydrogens is 280 g/mol. The van der Waals surface area contributed by atoms with Crippen LogP contribution in [0.1, 0.15) is 25.0 Å². The largest absolute Gasteiger partial charge is 0.495 e. The van der Waals surface area contributed by atoms with E-state index in [0.717, 1.165) is 11.1 Å². The number of aryl methyl sites for hydroxylation is 2. The van der Waals surface area contributed by atoms with Crippen molar-refractivity contribution in [1.82, 2.24) is 4.72 Å². The predicted octanol–water partition coefficient (Wildman–Crippen LogP) is 1.26. The Bertz CT molecular complexity index is 582. The third kappa shape index (κ3) is 3.92. The van der Waals surface area contributed by atoms with Gasteiger partial charge in [-0.3, -0.25) is 0 Å². The smallest absolute Gasteiger partial charge is 0.244 e. The molecule has 0 aliphatic heterocycles. The van der Waals surface area contributed by atoms with Gasteiger partial charge in [0.15, 0.2) is 0 Å². The van der Waals surface area contributed by atoms with Crippen LogP contribution in [0.4, 0.5) is 0 Å². The third-order valence-corrected chi connectivity index (χ3v) is 4.64. The van der Waals surface area contributed by atoms with Gasteiger partial charge in [0.25, 0.3) is 0 Å². The van der Waals surface area contributed by atoms with E-state index in [1.54, 1.807) is 26.0 Å². The lowest BCUT2D eigenvalue weighted by Crippen LogP contribution is -2.47. The maximum atomic E-state index is 12.5. The summed E-state index contributed by atoms with van der Waals surface area (Å²) in [6, 6.07) is 3.30. The Morgan fingerprint density at radius 1 is 1.25 bits per heavy atom. The zero-order chi connectivity index (χ0) is 15.6. The number of ether oxygens (including phenoxy) is 1. The van der Waals surface area contributed by atoms with Crippen LogP contribution in [0.2, 0.25) is 0 Å². The molecule has 1 rings (SSSR count). The Morgan fingerprint density at radius 2 is 1.80 bits per heavy atom. The second kappa shape index (κ2) is 6.09. The number of hydrogen-bond acceptors (Lipinski definition) is 5. The molecule has 7 heteroatoms. The highest BCUT2D eigenvalue weighted by atomic mass is 32.2. The van der Waals surface area contributed by atoms with Crippen molar-refractivity contribution in [3.05, 3.63) is 23.3 Å². The van der Waals surface area contributed by atoms with Crippen molar-refractivity contribution in [2.45, 2.75) is 38.1 Å². The minimum Gasteiger partial charge on any atom is -0.495 e. The van der Waals surface area contributed by atoms with Gasteiger partial charge in [-0.1, -0.05) is 0 Å². The van der Waals surface area contributed by atoms with Gasteiger partial charge in [0, 0.05) is 0 Å². The van der Waals surface area contributed by atoms with Crippen molar-refractivity contribution in [1.29, 1.82) is 0 Å². The average molecular weight is 302 g/mol. The van der Waals surface area contributed by atoms with Crippen molar-refractivity contribution in [3.8, 4) is 5.75 Å². The molecule has 0 fully saturated rings. The minimum absolute atomic E-state index is 0.0549. The molecule has 0 unspecified atom stereocenters. The van der Waals surface area contributed by atoms with Crippen molar-refractivity contribution in [2.24, 2.45) is 5.90 Å². The van der Waals surface area contributed by atoms with Gasteiger partial charge in [-0.05, 0) is 51.0 Å². The highest BCUT2D eigenvalue weighted by Crippen LogP contribution is 2.28. The molecule has 0 amide bonds. The van der Waals surface area contributed by atoms with E-state index < -0.39 is 15.6 Å². The fraction of sp³-hybridized carbons (Fsp3) is 0.538. The molecule has 1 aromatic rings. The summed E-state index contributed by atoms with van der Waals surface area (Å²) in [5.41, 5.74) is 1.02. The lowest BCUT2D eigenvalue weighted by atomic mass is 10.1. The van der Waals surface area contributed by atoms with Crippen LogP contribution in [-0.4, -0.2) is 27.7 Å². The van der Waals surface area contributed by atoms with Crippen LogP contribution in [0.5, 0.6) is 5.75 Å². The standard InChI is InChI=1S/C13H22N2O4S/c1-9-6-11(18-5)12(7-10(9)2)20(16,17)15-13(3,4)8-19-14/h6-7,15H,8,14H2,1-5H3. The van der Waals surface area contributed by atoms with Crippen molar-refractivity contribution in [3.63, 3.8) is 0 Å². The number of benzene rings is 1. The Kier molecular flexibility index (Phi) is 5.15. The van der Waals surface area contributed by atoms with Gasteiger partial charge in [-0.25, -0.2) is 19.0 Å². The monoisotopic (exact) mass is 302 g/mol. The molecule has 114 valence electrons. The Hall–Kier alpha value is -1.15. The van der Waals surface area contributed by atoms with E-state index in [1.165, 1.54) is 7.11 Å². The van der Waals surface area contributed by atoms with Crippen LogP contribution in [0.15, 0.2) is 17.0 Å². The van der Waals surface area contributed by atoms with Crippen LogP contribution in [0.25, 0.3) is 0 Å². The summed E-state index contributed by atoms with van der Waals surface area (Å²) in [5, 5.41) is 0. The van der Waals surface area contributed by atoms with Crippen LogP contribution in [0, 0.1) is 13.8 Å². The number of nitrogens with one attached hydrogen (secondary N) is 1. The van der Waals surface area contributed by atoms with Crippen molar-refractivity contribution < 1.29 is 18.0 Å². The Balaban J connectivity index is 3.25. The molecule has 20 heavy (non-hydrogen) atoms. The lowest BCUT2D eigenvalue weighted by Gasteiger charge is -2.25. The number of nitrogens with two attached hydrogens (primary N) is 1. The van der Waals surface area contributed by atoms with Gasteiger partial charge >= 0.3 is 0 Å². The Labute approximate surface area is 120 Å². The molecule has 0 aromatic heterocycles. The van der Waals surface area contributed by atoms with E-state index in [0.29, 0.717) is 5.75 Å². The molecule has 0 atom stereocenters. The molecule has 0 radical (unpaired) electrons. The molecule has 0 saturated carbocycles. The van der Waals surface area contributed by atoms with E-state index in [9.17, 15) is 8.42 Å². The molecular formula is C13H22N2O4S. The topological polar surface area (TPSA) is 90.7 Å². The van der Waals surface area contributed by atoms with Crippen LogP contribution >= 0.6 is 0 Å². The number of rotatable bonds is 6. The van der Waals surface area contributed by atoms with Gasteiger partial charge in [-0.2, -0.15) is 0 Å². The SMILES string of the molecule is COc1cc(C)c(C)cc1S(=O)(=O)NC(C)(C)CON. The van der Waals surface area contributed by atoms with E-state index in [2.05, 4.69) is 9.56 Å². The minimum atomic E-state index is -3.73. The molecule has 1 aromatic carbocycles. The zero-order valence-corrected chi connectivity index (χ0v) is 13.3. The number of sulfonamides is 1. The first-order valence-electron chi connectivity index (χ1n) is 6.14. The quantitative estimate of drug-likeness (QED) is 0.772. The van der Waals surface area contributed by atoms with Crippen LogP contribution in [-0.2, 0) is 14.9 Å². The highest BCUT2D eigenvalue weighted by molar-refractivity contribution is 7.89. The van der Waals surface area contributed by atoms with Crippen LogP contribution < -0.4 is 15.4 Å². The molecule has 3 N–H and O–H groups in total. The number of hydrogen-bond donors (Lipinski definition) is 2. The third-order valence-electron chi connectivity index (χ3n) is 2.92. The molecule has 6 nitrogen and oxygen atoms in total. The number of methoxy groups -OCH3 is 1. The summed E-state index contributed by atoms with van der Waals surface area (Å²) in [4.78, 5) is 4.63. The fourth-order valence-electron chi connectivity index (χ4n) is 1.79. The average Bonchev–Trinajstić information content (AvgIpc) is 2.30. The predicted molar refractivity (Wildman–Crippen MR) is 77.0 cm³/mol. The summed E-state index contributed by atoms with van der Waals surface area (Å²) in [5.74, 6) is 5.32. The van der Waals surface area contributed by atoms with Gasteiger partial charge in [-0.15, -0.1) is 0 Å². The van der Waals surface area contributed by atoms with Gasteiger partial charge in [0.05, 0.1) is 19.3 Å².